The molecule has 9 heteroatoms. The summed E-state index contributed by atoms with van der Waals surface area (Å²) in [6.45, 7) is 7.68. The van der Waals surface area contributed by atoms with Crippen LogP contribution in [0.15, 0.2) is 48.9 Å². The number of imidazole rings is 1. The molecule has 0 aliphatic heterocycles. The molecule has 0 bridgehead atoms. The topological polar surface area (TPSA) is 105 Å². The first-order valence-electron chi connectivity index (χ1n) is 12.8. The first kappa shape index (κ1) is 25.7. The third-order valence-corrected chi connectivity index (χ3v) is 8.01. The number of aromatic nitrogens is 4. The van der Waals surface area contributed by atoms with E-state index in [1.807, 2.05) is 6.07 Å². The zero-order valence-electron chi connectivity index (χ0n) is 21.9. The summed E-state index contributed by atoms with van der Waals surface area (Å²) in [6, 6.07) is 9.85. The van der Waals surface area contributed by atoms with Crippen LogP contribution in [0.25, 0.3) is 16.8 Å². The number of nitriles is 1. The Kier molecular flexibility index (Phi) is 6.61. The molecule has 196 valence electrons. The summed E-state index contributed by atoms with van der Waals surface area (Å²) in [5.74, 6) is 0.0736. The zero-order chi connectivity index (χ0) is 27.2. The van der Waals surface area contributed by atoms with Crippen molar-refractivity contribution in [1.82, 2.24) is 19.6 Å². The number of fused-ring (bicyclic) bond motifs is 1. The number of nitrogens with zero attached hydrogens (tertiary/aromatic N) is 5. The molecule has 4 atom stereocenters. The van der Waals surface area contributed by atoms with Gasteiger partial charge in [0.05, 0.1) is 46.3 Å². The van der Waals surface area contributed by atoms with Gasteiger partial charge in [-0.2, -0.15) is 14.9 Å². The van der Waals surface area contributed by atoms with Gasteiger partial charge in [0.25, 0.3) is 0 Å². The van der Waals surface area contributed by atoms with Crippen molar-refractivity contribution in [1.29, 1.82) is 5.26 Å². The lowest BCUT2D eigenvalue weighted by atomic mass is 9.71. The molecule has 0 spiro atoms. The molecule has 0 saturated heterocycles. The second kappa shape index (κ2) is 9.76. The van der Waals surface area contributed by atoms with Crippen molar-refractivity contribution in [2.24, 2.45) is 17.6 Å². The lowest BCUT2D eigenvalue weighted by molar-refractivity contribution is 0.216. The molecule has 4 aromatic rings. The highest BCUT2D eigenvalue weighted by Crippen LogP contribution is 2.41. The maximum atomic E-state index is 15.1. The minimum atomic E-state index is -1.03. The molecule has 38 heavy (non-hydrogen) atoms. The van der Waals surface area contributed by atoms with Crippen LogP contribution in [0.5, 0.6) is 0 Å². The molecule has 5 rings (SSSR count). The third kappa shape index (κ3) is 4.61. The maximum absolute atomic E-state index is 15.1. The average Bonchev–Trinajstić information content (AvgIpc) is 3.29. The molecule has 0 amide bonds. The summed E-state index contributed by atoms with van der Waals surface area (Å²) in [5.41, 5.74) is 8.11. The van der Waals surface area contributed by atoms with E-state index in [2.05, 4.69) is 40.3 Å². The summed E-state index contributed by atoms with van der Waals surface area (Å²) in [7, 11) is 0. The van der Waals surface area contributed by atoms with E-state index in [1.165, 1.54) is 16.6 Å². The Morgan fingerprint density at radius 3 is 2.53 bits per heavy atom. The van der Waals surface area contributed by atoms with E-state index in [4.69, 9.17) is 5.73 Å². The molecule has 3 aromatic heterocycles. The van der Waals surface area contributed by atoms with Crippen molar-refractivity contribution in [3.63, 3.8) is 0 Å². The second-order valence-electron chi connectivity index (χ2n) is 10.9. The highest BCUT2D eigenvalue weighted by molar-refractivity contribution is 5.66. The van der Waals surface area contributed by atoms with E-state index in [0.29, 0.717) is 23.3 Å². The van der Waals surface area contributed by atoms with Crippen LogP contribution in [0.3, 0.4) is 0 Å². The maximum Gasteiger partial charge on any atom is 0.229 e. The lowest BCUT2D eigenvalue weighted by Gasteiger charge is -2.37. The van der Waals surface area contributed by atoms with Crippen molar-refractivity contribution < 1.29 is 8.78 Å². The van der Waals surface area contributed by atoms with Gasteiger partial charge < -0.3 is 11.1 Å². The fourth-order valence-corrected chi connectivity index (χ4v) is 5.31. The molecule has 1 aromatic carbocycles. The zero-order valence-corrected chi connectivity index (χ0v) is 21.9. The Labute approximate surface area is 220 Å². The molecule has 7 nitrogen and oxygen atoms in total. The molecule has 1 saturated carbocycles. The molecular formula is C29H31F2N7. The van der Waals surface area contributed by atoms with Crippen LogP contribution >= 0.6 is 0 Å². The van der Waals surface area contributed by atoms with E-state index < -0.39 is 17.0 Å². The number of pyridine rings is 1. The Morgan fingerprint density at radius 2 is 1.84 bits per heavy atom. The minimum Gasteiger partial charge on any atom is -0.327 e. The van der Waals surface area contributed by atoms with Crippen LogP contribution in [0.1, 0.15) is 57.6 Å². The first-order valence-corrected chi connectivity index (χ1v) is 12.8. The number of nitrogens with two attached hydrogens (primary N) is 1. The summed E-state index contributed by atoms with van der Waals surface area (Å²) >= 11 is 0. The Bertz CT molecular complexity index is 1500. The predicted octanol–water partition coefficient (Wildman–Crippen LogP) is 6.09. The fraction of sp³-hybridized carbons (Fsp3) is 0.379. The van der Waals surface area contributed by atoms with Crippen LogP contribution in [0.2, 0.25) is 0 Å². The summed E-state index contributed by atoms with van der Waals surface area (Å²) in [6.07, 6.45) is 7.07. The predicted molar refractivity (Wildman–Crippen MR) is 143 cm³/mol. The molecule has 1 aliphatic carbocycles. The van der Waals surface area contributed by atoms with Gasteiger partial charge in [-0.15, -0.1) is 0 Å². The van der Waals surface area contributed by atoms with Crippen molar-refractivity contribution in [2.45, 2.75) is 57.9 Å². The molecule has 3 N–H and O–H groups in total. The van der Waals surface area contributed by atoms with Gasteiger partial charge in [-0.3, -0.25) is 4.98 Å². The van der Waals surface area contributed by atoms with Crippen molar-refractivity contribution >= 4 is 17.2 Å². The molecule has 3 heterocycles. The second-order valence-corrected chi connectivity index (χ2v) is 10.9. The van der Waals surface area contributed by atoms with Gasteiger partial charge in [0, 0.05) is 12.2 Å². The normalized spacial score (nSPS) is 21.8. The fourth-order valence-electron chi connectivity index (χ4n) is 5.31. The highest BCUT2D eigenvalue weighted by Gasteiger charge is 2.32. The average molecular weight is 516 g/mol. The van der Waals surface area contributed by atoms with Gasteiger partial charge in [-0.25, -0.2) is 13.8 Å². The number of hydrogen-bond donors (Lipinski definition) is 2. The van der Waals surface area contributed by atoms with Crippen LogP contribution in [-0.4, -0.2) is 25.6 Å². The van der Waals surface area contributed by atoms with E-state index in [9.17, 15) is 5.26 Å². The van der Waals surface area contributed by atoms with Crippen molar-refractivity contribution in [3.8, 4) is 17.3 Å². The van der Waals surface area contributed by atoms with Crippen molar-refractivity contribution in [3.05, 3.63) is 71.7 Å². The number of halogens is 2. The van der Waals surface area contributed by atoms with Gasteiger partial charge in [-0.1, -0.05) is 13.8 Å². The lowest BCUT2D eigenvalue weighted by Crippen LogP contribution is -2.39. The minimum absolute atomic E-state index is 0.113. The highest BCUT2D eigenvalue weighted by atomic mass is 19.1. The van der Waals surface area contributed by atoms with Gasteiger partial charge in [0.15, 0.2) is 0 Å². The van der Waals surface area contributed by atoms with Gasteiger partial charge in [0.2, 0.25) is 5.95 Å². The standard InChI is InChI=1S/C29H31F2N7/c1-16-9-18(10-24(33)17(16)2)21-7-8-34-14-26(21)36-28-35-13-20-5-6-25(37-38(20)28)27-22(30)11-19(12-23(27)31)29(3,4)15-32/h5-8,11-14,16-18,24H,9-10,33H2,1-4H3,(H,35,36). The van der Waals surface area contributed by atoms with Gasteiger partial charge in [0.1, 0.15) is 11.6 Å². The summed E-state index contributed by atoms with van der Waals surface area (Å²) < 4.78 is 31.8. The van der Waals surface area contributed by atoms with E-state index in [1.54, 1.807) is 44.6 Å². The Balaban J connectivity index is 1.51. The Hall–Kier alpha value is -3.90. The quantitative estimate of drug-likeness (QED) is 0.333. The number of benzene rings is 1. The summed E-state index contributed by atoms with van der Waals surface area (Å²) in [5, 5.41) is 17.2. The number of hydrogen-bond acceptors (Lipinski definition) is 6. The molecule has 4 unspecified atom stereocenters. The first-order chi connectivity index (χ1) is 18.1. The van der Waals surface area contributed by atoms with Crippen molar-refractivity contribution in [2.75, 3.05) is 5.32 Å². The molecule has 1 fully saturated rings. The number of rotatable bonds is 5. The van der Waals surface area contributed by atoms with E-state index in [0.717, 1.165) is 24.1 Å². The monoisotopic (exact) mass is 515 g/mol. The Morgan fingerprint density at radius 1 is 1.11 bits per heavy atom. The third-order valence-electron chi connectivity index (χ3n) is 8.01. The SMILES string of the molecule is CC1CC(c2ccncc2Nc2ncc3ccc(-c4c(F)cc(C(C)(C)C#N)cc4F)nn23)CC(N)C1C. The molecular weight excluding hydrogens is 484 g/mol. The molecule has 0 radical (unpaired) electrons. The summed E-state index contributed by atoms with van der Waals surface area (Å²) in [4.78, 5) is 8.77. The smallest absolute Gasteiger partial charge is 0.229 e. The van der Waals surface area contributed by atoms with E-state index >= 15 is 8.78 Å². The van der Waals surface area contributed by atoms with Gasteiger partial charge in [-0.05, 0) is 85.9 Å². The van der Waals surface area contributed by atoms with Crippen LogP contribution in [0, 0.1) is 34.8 Å². The van der Waals surface area contributed by atoms with Crippen LogP contribution in [0.4, 0.5) is 20.4 Å². The molecule has 1 aliphatic rings. The van der Waals surface area contributed by atoms with Gasteiger partial charge >= 0.3 is 0 Å². The number of anilines is 2. The van der Waals surface area contributed by atoms with Crippen LogP contribution < -0.4 is 11.1 Å². The van der Waals surface area contributed by atoms with Crippen LogP contribution in [-0.2, 0) is 5.41 Å². The van der Waals surface area contributed by atoms with E-state index in [-0.39, 0.29) is 28.8 Å². The largest absolute Gasteiger partial charge is 0.327 e. The number of nitrogens with one attached hydrogen (secondary N) is 1.